The predicted molar refractivity (Wildman–Crippen MR) is 46.5 cm³/mol. The van der Waals surface area contributed by atoms with Crippen LogP contribution in [-0.2, 0) is 0 Å². The van der Waals surface area contributed by atoms with Crippen LogP contribution in [0.2, 0.25) is 5.15 Å². The molecule has 0 aliphatic heterocycles. The van der Waals surface area contributed by atoms with Gasteiger partial charge in [0.05, 0.1) is 0 Å². The zero-order chi connectivity index (χ0) is 8.43. The van der Waals surface area contributed by atoms with Gasteiger partial charge in [-0.25, -0.2) is 9.37 Å². The highest BCUT2D eigenvalue weighted by Crippen LogP contribution is 2.29. The summed E-state index contributed by atoms with van der Waals surface area (Å²) >= 11 is 8.86. The molecule has 4 heteroatoms. The summed E-state index contributed by atoms with van der Waals surface area (Å²) in [5.41, 5.74) is 0.411. The summed E-state index contributed by atoms with van der Waals surface area (Å²) in [5, 5.41) is 0.217. The molecule has 1 aromatic heterocycles. The zero-order valence-corrected chi connectivity index (χ0v) is 8.16. The molecule has 0 N–H and O–H groups in total. The molecule has 1 aromatic rings. The number of halogens is 3. The van der Waals surface area contributed by atoms with E-state index in [-0.39, 0.29) is 15.8 Å². The number of pyridine rings is 1. The summed E-state index contributed by atoms with van der Waals surface area (Å²) in [7, 11) is 0. The molecular weight excluding hydrogens is 232 g/mol. The van der Waals surface area contributed by atoms with E-state index in [0.717, 1.165) is 0 Å². The van der Waals surface area contributed by atoms with E-state index in [1.165, 1.54) is 12.3 Å². The van der Waals surface area contributed by atoms with Crippen LogP contribution in [0.4, 0.5) is 4.39 Å². The van der Waals surface area contributed by atoms with Crippen LogP contribution >= 0.6 is 27.5 Å². The minimum atomic E-state index is -0.325. The van der Waals surface area contributed by atoms with E-state index in [1.807, 2.05) is 0 Å². The number of alkyl halides is 1. The number of hydrogen-bond acceptors (Lipinski definition) is 1. The Morgan fingerprint density at radius 3 is 2.73 bits per heavy atom. The number of nitrogens with zero attached hydrogens (tertiary/aromatic N) is 1. The smallest absolute Gasteiger partial charge is 0.136 e. The van der Waals surface area contributed by atoms with Crippen molar-refractivity contribution in [2.45, 2.75) is 11.8 Å². The molecule has 1 unspecified atom stereocenters. The number of hydrogen-bond donors (Lipinski definition) is 0. The first-order chi connectivity index (χ1) is 5.13. The maximum Gasteiger partial charge on any atom is 0.136 e. The molecule has 0 saturated carbocycles. The van der Waals surface area contributed by atoms with E-state index in [0.29, 0.717) is 5.56 Å². The first-order valence-corrected chi connectivity index (χ1v) is 4.36. The molecule has 1 nitrogen and oxygen atoms in total. The van der Waals surface area contributed by atoms with Crippen LogP contribution in [0.15, 0.2) is 12.3 Å². The van der Waals surface area contributed by atoms with Gasteiger partial charge < -0.3 is 0 Å². The van der Waals surface area contributed by atoms with E-state index < -0.39 is 0 Å². The van der Waals surface area contributed by atoms with Crippen LogP contribution in [0.1, 0.15) is 17.3 Å². The largest absolute Gasteiger partial charge is 0.244 e. The highest BCUT2D eigenvalue weighted by atomic mass is 79.9. The Hall–Kier alpha value is -0.150. The SMILES string of the molecule is CC(Br)c1c(F)ccnc1Cl. The van der Waals surface area contributed by atoms with Crippen molar-refractivity contribution < 1.29 is 4.39 Å². The molecule has 0 saturated heterocycles. The van der Waals surface area contributed by atoms with Crippen molar-refractivity contribution in [1.82, 2.24) is 4.98 Å². The molecule has 0 aromatic carbocycles. The highest BCUT2D eigenvalue weighted by molar-refractivity contribution is 9.09. The molecule has 60 valence electrons. The lowest BCUT2D eigenvalue weighted by Crippen LogP contribution is -1.93. The van der Waals surface area contributed by atoms with Gasteiger partial charge in [-0.2, -0.15) is 0 Å². The average molecular weight is 238 g/mol. The van der Waals surface area contributed by atoms with Crippen molar-refractivity contribution in [3.05, 3.63) is 28.8 Å². The van der Waals surface area contributed by atoms with Gasteiger partial charge in [-0.3, -0.25) is 0 Å². The fraction of sp³-hybridized carbons (Fsp3) is 0.286. The molecule has 0 aliphatic rings. The van der Waals surface area contributed by atoms with Crippen molar-refractivity contribution in [3.63, 3.8) is 0 Å². The van der Waals surface area contributed by atoms with Gasteiger partial charge in [0.1, 0.15) is 11.0 Å². The lowest BCUT2D eigenvalue weighted by molar-refractivity contribution is 0.609. The Morgan fingerprint density at radius 1 is 1.73 bits per heavy atom. The Bertz CT molecular complexity index is 244. The normalized spacial score (nSPS) is 13.1. The van der Waals surface area contributed by atoms with Crippen molar-refractivity contribution in [3.8, 4) is 0 Å². The predicted octanol–water partition coefficient (Wildman–Crippen LogP) is 3.33. The first-order valence-electron chi connectivity index (χ1n) is 3.07. The number of aromatic nitrogens is 1. The molecule has 0 bridgehead atoms. The second-order valence-electron chi connectivity index (χ2n) is 2.11. The summed E-state index contributed by atoms with van der Waals surface area (Å²) in [5.74, 6) is -0.325. The summed E-state index contributed by atoms with van der Waals surface area (Å²) in [4.78, 5) is 3.65. The Labute approximate surface area is 77.7 Å². The Balaban J connectivity index is 3.21. The molecule has 0 spiro atoms. The maximum absolute atomic E-state index is 12.9. The molecule has 0 radical (unpaired) electrons. The summed E-state index contributed by atoms with van der Waals surface area (Å²) in [6.45, 7) is 1.80. The van der Waals surface area contributed by atoms with Gasteiger partial charge in [0.15, 0.2) is 0 Å². The second-order valence-corrected chi connectivity index (χ2v) is 3.84. The van der Waals surface area contributed by atoms with E-state index in [9.17, 15) is 4.39 Å². The average Bonchev–Trinajstić information content (AvgIpc) is 1.85. The van der Waals surface area contributed by atoms with Crippen molar-refractivity contribution >= 4 is 27.5 Å². The molecule has 0 fully saturated rings. The molecular formula is C7H6BrClFN. The summed E-state index contributed by atoms with van der Waals surface area (Å²) in [6, 6.07) is 1.29. The van der Waals surface area contributed by atoms with Gasteiger partial charge >= 0.3 is 0 Å². The Morgan fingerprint density at radius 2 is 2.36 bits per heavy atom. The third-order valence-electron chi connectivity index (χ3n) is 1.29. The van der Waals surface area contributed by atoms with Crippen LogP contribution < -0.4 is 0 Å². The second kappa shape index (κ2) is 3.50. The minimum absolute atomic E-state index is 0.108. The maximum atomic E-state index is 12.9. The van der Waals surface area contributed by atoms with Gasteiger partial charge in [-0.15, -0.1) is 0 Å². The van der Waals surface area contributed by atoms with Crippen LogP contribution in [0, 0.1) is 5.82 Å². The molecule has 1 rings (SSSR count). The monoisotopic (exact) mass is 237 g/mol. The molecule has 1 heterocycles. The van der Waals surface area contributed by atoms with Gasteiger partial charge in [0.25, 0.3) is 0 Å². The summed E-state index contributed by atoms with van der Waals surface area (Å²) in [6.07, 6.45) is 1.34. The van der Waals surface area contributed by atoms with Crippen LogP contribution in [0.5, 0.6) is 0 Å². The van der Waals surface area contributed by atoms with E-state index >= 15 is 0 Å². The van der Waals surface area contributed by atoms with Gasteiger partial charge in [-0.1, -0.05) is 27.5 Å². The minimum Gasteiger partial charge on any atom is -0.244 e. The van der Waals surface area contributed by atoms with E-state index in [1.54, 1.807) is 6.92 Å². The van der Waals surface area contributed by atoms with Crippen molar-refractivity contribution in [1.29, 1.82) is 0 Å². The standard InChI is InChI=1S/C7H6BrClFN/c1-4(8)6-5(10)2-3-11-7(6)9/h2-4H,1H3. The van der Waals surface area contributed by atoms with Crippen LogP contribution in [0.25, 0.3) is 0 Å². The summed E-state index contributed by atoms with van der Waals surface area (Å²) < 4.78 is 12.9. The molecule has 1 atom stereocenters. The topological polar surface area (TPSA) is 12.9 Å². The van der Waals surface area contributed by atoms with Crippen molar-refractivity contribution in [2.75, 3.05) is 0 Å². The van der Waals surface area contributed by atoms with E-state index in [2.05, 4.69) is 20.9 Å². The Kier molecular flexibility index (Phi) is 2.84. The molecule has 0 amide bonds. The van der Waals surface area contributed by atoms with E-state index in [4.69, 9.17) is 11.6 Å². The van der Waals surface area contributed by atoms with Crippen molar-refractivity contribution in [2.24, 2.45) is 0 Å². The quantitative estimate of drug-likeness (QED) is 0.540. The highest BCUT2D eigenvalue weighted by Gasteiger charge is 2.12. The fourth-order valence-electron chi connectivity index (χ4n) is 0.780. The van der Waals surface area contributed by atoms with Gasteiger partial charge in [0.2, 0.25) is 0 Å². The van der Waals surface area contributed by atoms with Crippen LogP contribution in [-0.4, -0.2) is 4.98 Å². The third-order valence-corrected chi connectivity index (χ3v) is 2.05. The number of rotatable bonds is 1. The first kappa shape index (κ1) is 8.94. The van der Waals surface area contributed by atoms with Gasteiger partial charge in [-0.05, 0) is 13.0 Å². The molecule has 11 heavy (non-hydrogen) atoms. The van der Waals surface area contributed by atoms with Gasteiger partial charge in [0, 0.05) is 16.6 Å². The lowest BCUT2D eigenvalue weighted by atomic mass is 10.2. The third kappa shape index (κ3) is 1.91. The fourth-order valence-corrected chi connectivity index (χ4v) is 1.66. The van der Waals surface area contributed by atoms with Crippen LogP contribution in [0.3, 0.4) is 0 Å². The zero-order valence-electron chi connectivity index (χ0n) is 5.81. The molecule has 0 aliphatic carbocycles. The lowest BCUT2D eigenvalue weighted by Gasteiger charge is -2.05.